The molecule has 0 aliphatic carbocycles. The highest BCUT2D eigenvalue weighted by Crippen LogP contribution is 2.38. The zero-order chi connectivity index (χ0) is 17.1. The zero-order valence-corrected chi connectivity index (χ0v) is 13.5. The summed E-state index contributed by atoms with van der Waals surface area (Å²) in [5.74, 6) is 0.925. The molecule has 6 nitrogen and oxygen atoms in total. The number of methoxy groups -OCH3 is 1. The van der Waals surface area contributed by atoms with E-state index in [2.05, 4.69) is 4.98 Å². The molecule has 0 saturated carbocycles. The molecular weight excluding hydrogens is 332 g/mol. The van der Waals surface area contributed by atoms with Crippen molar-refractivity contribution >= 4 is 28.2 Å². The van der Waals surface area contributed by atoms with Gasteiger partial charge in [0, 0.05) is 11.5 Å². The molecule has 0 N–H and O–H groups in total. The predicted molar refractivity (Wildman–Crippen MR) is 90.7 cm³/mol. The molecule has 0 saturated heterocycles. The van der Waals surface area contributed by atoms with Crippen molar-refractivity contribution in [1.29, 1.82) is 0 Å². The largest absolute Gasteiger partial charge is 0.493 e. The lowest BCUT2D eigenvalue weighted by atomic mass is 10.2. The van der Waals surface area contributed by atoms with E-state index in [1.54, 1.807) is 12.1 Å². The number of rotatable bonds is 5. The number of benzene rings is 2. The molecule has 0 aliphatic rings. The van der Waals surface area contributed by atoms with Gasteiger partial charge < -0.3 is 9.47 Å². The summed E-state index contributed by atoms with van der Waals surface area (Å²) in [5.41, 5.74) is 1.26. The Kier molecular flexibility index (Phi) is 4.48. The average Bonchev–Trinajstić information content (AvgIpc) is 2.60. The molecule has 3 rings (SSSR count). The SMILES string of the molecule is COc1cc2c(Cl)c([N+](=O)[O-])cnc2cc1OCc1ccccc1. The third-order valence-electron chi connectivity index (χ3n) is 3.50. The van der Waals surface area contributed by atoms with Crippen LogP contribution in [0.2, 0.25) is 5.02 Å². The molecule has 24 heavy (non-hydrogen) atoms. The fraction of sp³-hybridized carbons (Fsp3) is 0.118. The normalized spacial score (nSPS) is 10.6. The summed E-state index contributed by atoms with van der Waals surface area (Å²) in [4.78, 5) is 14.5. The summed E-state index contributed by atoms with van der Waals surface area (Å²) < 4.78 is 11.1. The van der Waals surface area contributed by atoms with E-state index in [1.807, 2.05) is 30.3 Å². The highest BCUT2D eigenvalue weighted by molar-refractivity contribution is 6.37. The maximum Gasteiger partial charge on any atom is 0.306 e. The van der Waals surface area contributed by atoms with Crippen LogP contribution >= 0.6 is 11.6 Å². The Morgan fingerprint density at radius 3 is 2.62 bits per heavy atom. The summed E-state index contributed by atoms with van der Waals surface area (Å²) in [6.07, 6.45) is 1.14. The third-order valence-corrected chi connectivity index (χ3v) is 3.90. The number of halogens is 1. The number of pyridine rings is 1. The summed E-state index contributed by atoms with van der Waals surface area (Å²) in [7, 11) is 1.50. The van der Waals surface area contributed by atoms with Crippen LogP contribution in [0.5, 0.6) is 11.5 Å². The highest BCUT2D eigenvalue weighted by atomic mass is 35.5. The number of nitro groups is 1. The second-order valence-corrected chi connectivity index (χ2v) is 5.39. The number of hydrogen-bond acceptors (Lipinski definition) is 5. The molecule has 1 aromatic heterocycles. The van der Waals surface area contributed by atoms with Crippen LogP contribution in [-0.2, 0) is 6.61 Å². The van der Waals surface area contributed by atoms with Crippen LogP contribution in [-0.4, -0.2) is 17.0 Å². The van der Waals surface area contributed by atoms with Gasteiger partial charge in [-0.25, -0.2) is 4.98 Å². The second kappa shape index (κ2) is 6.72. The van der Waals surface area contributed by atoms with Crippen LogP contribution in [0, 0.1) is 10.1 Å². The van der Waals surface area contributed by atoms with E-state index in [-0.39, 0.29) is 10.7 Å². The minimum atomic E-state index is -0.568. The molecule has 0 fully saturated rings. The molecule has 7 heteroatoms. The molecule has 122 valence electrons. The van der Waals surface area contributed by atoms with Gasteiger partial charge in [0.15, 0.2) is 11.5 Å². The van der Waals surface area contributed by atoms with Crippen molar-refractivity contribution in [2.45, 2.75) is 6.61 Å². The van der Waals surface area contributed by atoms with Crippen LogP contribution in [0.3, 0.4) is 0 Å². The van der Waals surface area contributed by atoms with Gasteiger partial charge in [-0.2, -0.15) is 0 Å². The minimum absolute atomic E-state index is 0.0258. The Labute approximate surface area is 142 Å². The maximum absolute atomic E-state index is 11.0. The van der Waals surface area contributed by atoms with Crippen molar-refractivity contribution in [3.05, 3.63) is 69.4 Å². The van der Waals surface area contributed by atoms with Crippen LogP contribution in [0.4, 0.5) is 5.69 Å². The monoisotopic (exact) mass is 344 g/mol. The molecule has 2 aromatic carbocycles. The van der Waals surface area contributed by atoms with E-state index in [0.29, 0.717) is 29.0 Å². The molecular formula is C17H13ClN2O4. The van der Waals surface area contributed by atoms with Crippen LogP contribution in [0.1, 0.15) is 5.56 Å². The van der Waals surface area contributed by atoms with Gasteiger partial charge in [-0.15, -0.1) is 0 Å². The Balaban J connectivity index is 1.99. The lowest BCUT2D eigenvalue weighted by Gasteiger charge is -2.12. The molecule has 3 aromatic rings. The first-order valence-electron chi connectivity index (χ1n) is 7.07. The number of fused-ring (bicyclic) bond motifs is 1. The van der Waals surface area contributed by atoms with Crippen molar-refractivity contribution in [3.63, 3.8) is 0 Å². The molecule has 0 bridgehead atoms. The van der Waals surface area contributed by atoms with Crippen molar-refractivity contribution in [2.75, 3.05) is 7.11 Å². The van der Waals surface area contributed by atoms with E-state index >= 15 is 0 Å². The van der Waals surface area contributed by atoms with Gasteiger partial charge in [0.2, 0.25) is 0 Å². The van der Waals surface area contributed by atoms with E-state index in [0.717, 1.165) is 11.8 Å². The average molecular weight is 345 g/mol. The first-order chi connectivity index (χ1) is 11.6. The van der Waals surface area contributed by atoms with Gasteiger partial charge in [-0.05, 0) is 11.6 Å². The molecule has 0 spiro atoms. The molecule has 0 atom stereocenters. The number of hydrogen-bond donors (Lipinski definition) is 0. The van der Waals surface area contributed by atoms with E-state index < -0.39 is 4.92 Å². The topological polar surface area (TPSA) is 74.5 Å². The van der Waals surface area contributed by atoms with E-state index in [9.17, 15) is 10.1 Å². The predicted octanol–water partition coefficient (Wildman–Crippen LogP) is 4.38. The van der Waals surface area contributed by atoms with Crippen LogP contribution in [0.25, 0.3) is 10.9 Å². The smallest absolute Gasteiger partial charge is 0.306 e. The van der Waals surface area contributed by atoms with Gasteiger partial charge in [0.1, 0.15) is 17.8 Å². The number of nitrogens with zero attached hydrogens (tertiary/aromatic N) is 2. The summed E-state index contributed by atoms with van der Waals surface area (Å²) in [6, 6.07) is 12.9. The molecule has 0 unspecified atom stereocenters. The lowest BCUT2D eigenvalue weighted by Crippen LogP contribution is -1.99. The van der Waals surface area contributed by atoms with Crippen molar-refractivity contribution in [1.82, 2.24) is 4.98 Å². The fourth-order valence-electron chi connectivity index (χ4n) is 2.29. The molecule has 0 radical (unpaired) electrons. The van der Waals surface area contributed by atoms with Crippen molar-refractivity contribution in [3.8, 4) is 11.5 Å². The number of aromatic nitrogens is 1. The van der Waals surface area contributed by atoms with Gasteiger partial charge >= 0.3 is 5.69 Å². The molecule has 1 heterocycles. The van der Waals surface area contributed by atoms with Gasteiger partial charge in [-0.1, -0.05) is 41.9 Å². The zero-order valence-electron chi connectivity index (χ0n) is 12.7. The van der Waals surface area contributed by atoms with Gasteiger partial charge in [0.05, 0.1) is 17.5 Å². The Morgan fingerprint density at radius 2 is 1.96 bits per heavy atom. The standard InChI is InChI=1S/C17H13ClN2O4/c1-23-15-7-12-13(19-9-14(17(12)18)20(21)22)8-16(15)24-10-11-5-3-2-4-6-11/h2-9H,10H2,1H3. The van der Waals surface area contributed by atoms with Crippen molar-refractivity contribution < 1.29 is 14.4 Å². The van der Waals surface area contributed by atoms with Crippen molar-refractivity contribution in [2.24, 2.45) is 0 Å². The first kappa shape index (κ1) is 16.0. The maximum atomic E-state index is 11.0. The first-order valence-corrected chi connectivity index (χ1v) is 7.45. The van der Waals surface area contributed by atoms with Gasteiger partial charge in [0.25, 0.3) is 0 Å². The Bertz CT molecular complexity index is 900. The second-order valence-electron chi connectivity index (χ2n) is 5.01. The third kappa shape index (κ3) is 3.09. The Hall–Kier alpha value is -2.86. The van der Waals surface area contributed by atoms with Gasteiger partial charge in [-0.3, -0.25) is 10.1 Å². The summed E-state index contributed by atoms with van der Waals surface area (Å²) in [6.45, 7) is 0.365. The number of ether oxygens (including phenoxy) is 2. The fourth-order valence-corrected chi connectivity index (χ4v) is 2.56. The highest BCUT2D eigenvalue weighted by Gasteiger charge is 2.18. The van der Waals surface area contributed by atoms with Crippen LogP contribution in [0.15, 0.2) is 48.7 Å². The van der Waals surface area contributed by atoms with Crippen LogP contribution < -0.4 is 9.47 Å². The molecule has 0 aliphatic heterocycles. The van der Waals surface area contributed by atoms with E-state index in [1.165, 1.54) is 7.11 Å². The Morgan fingerprint density at radius 1 is 1.21 bits per heavy atom. The quantitative estimate of drug-likeness (QED) is 0.507. The molecule has 0 amide bonds. The summed E-state index contributed by atoms with van der Waals surface area (Å²) >= 11 is 6.11. The van der Waals surface area contributed by atoms with E-state index in [4.69, 9.17) is 21.1 Å². The minimum Gasteiger partial charge on any atom is -0.493 e. The lowest BCUT2D eigenvalue weighted by molar-refractivity contribution is -0.384. The summed E-state index contributed by atoms with van der Waals surface area (Å²) in [5, 5.41) is 11.4.